The number of rotatable bonds is 4. The Morgan fingerprint density at radius 3 is 2.68 bits per heavy atom. The Bertz CT molecular complexity index is 1580. The van der Waals surface area contributed by atoms with E-state index in [9.17, 15) is 18.5 Å². The van der Waals surface area contributed by atoms with Crippen molar-refractivity contribution in [1.29, 1.82) is 5.26 Å². The number of aromatic nitrogens is 1. The molecule has 3 aliphatic rings. The third-order valence-corrected chi connectivity index (χ3v) is 10.5. The van der Waals surface area contributed by atoms with Crippen LogP contribution in [0.2, 0.25) is 5.02 Å². The number of nitrogens with zero attached hydrogens (tertiary/aromatic N) is 4. The van der Waals surface area contributed by atoms with Crippen LogP contribution in [0, 0.1) is 16.7 Å². The Balaban J connectivity index is 1.40. The molecule has 196 valence electrons. The van der Waals surface area contributed by atoms with Crippen LogP contribution in [-0.2, 0) is 31.5 Å². The molecule has 2 saturated heterocycles. The molecule has 3 aliphatic heterocycles. The van der Waals surface area contributed by atoms with E-state index in [1.165, 1.54) is 4.31 Å². The van der Waals surface area contributed by atoms with E-state index in [0.29, 0.717) is 49.7 Å². The topological polar surface area (TPSA) is 104 Å². The number of hydrogen-bond donors (Lipinski definition) is 0. The van der Waals surface area contributed by atoms with Crippen LogP contribution in [0.1, 0.15) is 30.4 Å². The first kappa shape index (κ1) is 25.3. The van der Waals surface area contributed by atoms with Crippen LogP contribution >= 0.6 is 11.6 Å². The summed E-state index contributed by atoms with van der Waals surface area (Å²) in [5.74, 6) is -0.454. The Morgan fingerprint density at radius 1 is 1.11 bits per heavy atom. The second-order valence-electron chi connectivity index (χ2n) is 10.5. The average Bonchev–Trinajstić information content (AvgIpc) is 3.24. The van der Waals surface area contributed by atoms with Crippen LogP contribution in [0.25, 0.3) is 10.8 Å². The molecule has 6 rings (SSSR count). The van der Waals surface area contributed by atoms with Gasteiger partial charge in [-0.25, -0.2) is 8.42 Å². The van der Waals surface area contributed by atoms with Crippen LogP contribution in [0.4, 0.5) is 5.69 Å². The van der Waals surface area contributed by atoms with Crippen LogP contribution in [0.15, 0.2) is 54.9 Å². The fraction of sp³-hybridized carbons (Fsp3) is 0.393. The molecule has 0 N–H and O–H groups in total. The number of ether oxygens (including phenoxy) is 1. The standard InChI is InChI=1S/C28H27ClN4O4S/c29-22-6-5-21-16-32(38(35,36)19-27(17-30)8-11-37-12-9-27)18-28(24(21)13-22)7-10-33(26(28)34)25-15-31-14-20-3-1-2-4-23(20)25/h1-6,13-15H,7-12,16,18-19H2. The van der Waals surface area contributed by atoms with Crippen molar-refractivity contribution in [3.8, 4) is 6.07 Å². The maximum atomic E-state index is 14.3. The van der Waals surface area contributed by atoms with Gasteiger partial charge in [0.25, 0.3) is 0 Å². The number of hydrogen-bond acceptors (Lipinski definition) is 6. The predicted octanol–water partition coefficient (Wildman–Crippen LogP) is 4.03. The first-order valence-electron chi connectivity index (χ1n) is 12.7. The molecule has 0 radical (unpaired) electrons. The summed E-state index contributed by atoms with van der Waals surface area (Å²) in [6.45, 7) is 1.29. The quantitative estimate of drug-likeness (QED) is 0.486. The number of sulfonamides is 1. The summed E-state index contributed by atoms with van der Waals surface area (Å²) in [7, 11) is -3.87. The molecule has 2 fully saturated rings. The van der Waals surface area contributed by atoms with E-state index in [0.717, 1.165) is 21.9 Å². The van der Waals surface area contributed by atoms with Crippen molar-refractivity contribution in [1.82, 2.24) is 9.29 Å². The van der Waals surface area contributed by atoms with Crippen molar-refractivity contribution in [2.75, 3.05) is 37.0 Å². The molecule has 8 nitrogen and oxygen atoms in total. The molecule has 0 saturated carbocycles. The minimum Gasteiger partial charge on any atom is -0.381 e. The van der Waals surface area contributed by atoms with Gasteiger partial charge in [-0.05, 0) is 42.5 Å². The third kappa shape index (κ3) is 4.07. The molecule has 4 heterocycles. The van der Waals surface area contributed by atoms with Crippen molar-refractivity contribution in [2.24, 2.45) is 5.41 Å². The van der Waals surface area contributed by atoms with Gasteiger partial charge in [-0.15, -0.1) is 0 Å². The van der Waals surface area contributed by atoms with E-state index in [2.05, 4.69) is 11.1 Å². The van der Waals surface area contributed by atoms with Crippen molar-refractivity contribution in [3.63, 3.8) is 0 Å². The van der Waals surface area contributed by atoms with Gasteiger partial charge >= 0.3 is 0 Å². The number of amides is 1. The number of pyridine rings is 1. The monoisotopic (exact) mass is 550 g/mol. The normalized spacial score (nSPS) is 23.5. The van der Waals surface area contributed by atoms with Gasteiger partial charge in [-0.2, -0.15) is 9.57 Å². The van der Waals surface area contributed by atoms with Crippen molar-refractivity contribution < 1.29 is 17.9 Å². The Kier molecular flexibility index (Phi) is 6.19. The molecule has 1 amide bonds. The van der Waals surface area contributed by atoms with Crippen molar-refractivity contribution in [2.45, 2.75) is 31.2 Å². The maximum Gasteiger partial charge on any atom is 0.239 e. The van der Waals surface area contributed by atoms with Crippen LogP contribution in [-0.4, -0.2) is 55.7 Å². The summed E-state index contributed by atoms with van der Waals surface area (Å²) in [5.41, 5.74) is 0.161. The number of carbonyl (C=O) groups is 1. The van der Waals surface area contributed by atoms with E-state index < -0.39 is 20.9 Å². The Labute approximate surface area is 226 Å². The molecule has 1 spiro atoms. The van der Waals surface area contributed by atoms with E-state index in [1.54, 1.807) is 29.4 Å². The van der Waals surface area contributed by atoms with Crippen LogP contribution in [0.5, 0.6) is 0 Å². The molecule has 38 heavy (non-hydrogen) atoms. The van der Waals surface area contributed by atoms with Crippen LogP contribution in [0.3, 0.4) is 0 Å². The van der Waals surface area contributed by atoms with Gasteiger partial charge in [-0.3, -0.25) is 9.78 Å². The van der Waals surface area contributed by atoms with Gasteiger partial charge in [-0.1, -0.05) is 41.9 Å². The lowest BCUT2D eigenvalue weighted by atomic mass is 9.74. The van der Waals surface area contributed by atoms with Gasteiger partial charge < -0.3 is 9.64 Å². The number of anilines is 1. The zero-order valence-electron chi connectivity index (χ0n) is 20.8. The van der Waals surface area contributed by atoms with Gasteiger partial charge in [0.05, 0.1) is 34.5 Å². The molecule has 1 unspecified atom stereocenters. The van der Waals surface area contributed by atoms with Gasteiger partial charge in [0.2, 0.25) is 15.9 Å². The first-order valence-corrected chi connectivity index (χ1v) is 14.7. The highest BCUT2D eigenvalue weighted by Crippen LogP contribution is 2.46. The average molecular weight is 551 g/mol. The van der Waals surface area contributed by atoms with Gasteiger partial charge in [0.15, 0.2) is 0 Å². The maximum absolute atomic E-state index is 14.3. The van der Waals surface area contributed by atoms with Gasteiger partial charge in [0, 0.05) is 54.8 Å². The molecule has 1 atom stereocenters. The second-order valence-corrected chi connectivity index (χ2v) is 12.9. The minimum atomic E-state index is -3.87. The number of nitriles is 1. The Morgan fingerprint density at radius 2 is 1.89 bits per heavy atom. The number of halogens is 1. The summed E-state index contributed by atoms with van der Waals surface area (Å²) >= 11 is 6.40. The van der Waals surface area contributed by atoms with Crippen molar-refractivity contribution in [3.05, 3.63) is 71.0 Å². The SMILES string of the molecule is N#CC1(CS(=O)(=O)N2Cc3ccc(Cl)cc3C3(CCN(c4cncc5ccccc45)C3=O)C2)CCOCC1. The number of benzene rings is 2. The summed E-state index contributed by atoms with van der Waals surface area (Å²) in [5, 5.41) is 12.3. The lowest BCUT2D eigenvalue weighted by Crippen LogP contribution is -2.53. The molecule has 3 aromatic rings. The highest BCUT2D eigenvalue weighted by molar-refractivity contribution is 7.89. The molecule has 0 bridgehead atoms. The van der Waals surface area contributed by atoms with Gasteiger partial charge in [0.1, 0.15) is 0 Å². The lowest BCUT2D eigenvalue weighted by Gasteiger charge is -2.41. The molecule has 10 heteroatoms. The predicted molar refractivity (Wildman–Crippen MR) is 144 cm³/mol. The summed E-state index contributed by atoms with van der Waals surface area (Å²) < 4.78 is 34.5. The Hall–Kier alpha value is -3.03. The molecular formula is C28H27ClN4O4S. The zero-order chi connectivity index (χ0) is 26.5. The zero-order valence-corrected chi connectivity index (χ0v) is 22.3. The second kappa shape index (κ2) is 9.31. The first-order chi connectivity index (χ1) is 18.3. The van der Waals surface area contributed by atoms with E-state index in [4.69, 9.17) is 16.3 Å². The summed E-state index contributed by atoms with van der Waals surface area (Å²) in [6, 6.07) is 15.4. The van der Waals surface area contributed by atoms with E-state index >= 15 is 0 Å². The number of carbonyl (C=O) groups excluding carboxylic acids is 1. The molecular weight excluding hydrogens is 524 g/mol. The van der Waals surface area contributed by atoms with E-state index in [-0.39, 0.29) is 24.7 Å². The third-order valence-electron chi connectivity index (χ3n) is 8.27. The highest BCUT2D eigenvalue weighted by atomic mass is 35.5. The smallest absolute Gasteiger partial charge is 0.239 e. The van der Waals surface area contributed by atoms with E-state index in [1.807, 2.05) is 30.3 Å². The molecule has 0 aliphatic carbocycles. The largest absolute Gasteiger partial charge is 0.381 e. The summed E-state index contributed by atoms with van der Waals surface area (Å²) in [6.07, 6.45) is 4.63. The number of fused-ring (bicyclic) bond motifs is 3. The highest BCUT2D eigenvalue weighted by Gasteiger charge is 2.55. The van der Waals surface area contributed by atoms with Crippen molar-refractivity contribution >= 4 is 44.0 Å². The fourth-order valence-corrected chi connectivity index (χ4v) is 8.32. The summed E-state index contributed by atoms with van der Waals surface area (Å²) in [4.78, 5) is 20.4. The lowest BCUT2D eigenvalue weighted by molar-refractivity contribution is -0.122. The van der Waals surface area contributed by atoms with Crippen LogP contribution < -0.4 is 4.90 Å². The molecule has 1 aromatic heterocycles. The molecule has 2 aromatic carbocycles. The minimum absolute atomic E-state index is 0.00815. The fourth-order valence-electron chi connectivity index (χ4n) is 6.16.